The van der Waals surface area contributed by atoms with Crippen LogP contribution in [-0.2, 0) is 0 Å². The molecule has 0 fully saturated rings. The number of nitrogens with zero attached hydrogens (tertiary/aromatic N) is 1. The summed E-state index contributed by atoms with van der Waals surface area (Å²) >= 11 is 0. The standard InChI is InChI=1S/C18H32N2/c1-6-18(17-11-9-16(4)10-12-17)19-13-7-8-14-20(5)15(2)3/h9-12,15,18-19H,6-8,13-14H2,1-5H3. The van der Waals surface area contributed by atoms with Crippen molar-refractivity contribution < 1.29 is 0 Å². The monoisotopic (exact) mass is 276 g/mol. The highest BCUT2D eigenvalue weighted by atomic mass is 15.1. The van der Waals surface area contributed by atoms with E-state index < -0.39 is 0 Å². The molecule has 20 heavy (non-hydrogen) atoms. The van der Waals surface area contributed by atoms with Crippen LogP contribution in [0, 0.1) is 6.92 Å². The lowest BCUT2D eigenvalue weighted by atomic mass is 10.0. The highest BCUT2D eigenvalue weighted by Crippen LogP contribution is 2.17. The average Bonchev–Trinajstić information content (AvgIpc) is 2.43. The zero-order valence-corrected chi connectivity index (χ0v) is 13.9. The number of hydrogen-bond acceptors (Lipinski definition) is 2. The molecule has 2 heteroatoms. The molecule has 0 radical (unpaired) electrons. The van der Waals surface area contributed by atoms with E-state index in [9.17, 15) is 0 Å². The fraction of sp³-hybridized carbons (Fsp3) is 0.667. The fourth-order valence-electron chi connectivity index (χ4n) is 2.32. The van der Waals surface area contributed by atoms with Crippen LogP contribution >= 0.6 is 0 Å². The van der Waals surface area contributed by atoms with E-state index in [0.29, 0.717) is 12.1 Å². The van der Waals surface area contributed by atoms with Gasteiger partial charge in [-0.05, 0) is 65.7 Å². The van der Waals surface area contributed by atoms with Crippen molar-refractivity contribution in [3.8, 4) is 0 Å². The van der Waals surface area contributed by atoms with Crippen molar-refractivity contribution in [1.82, 2.24) is 10.2 Å². The summed E-state index contributed by atoms with van der Waals surface area (Å²) in [5.74, 6) is 0. The maximum absolute atomic E-state index is 3.69. The van der Waals surface area contributed by atoms with Crippen molar-refractivity contribution in [2.24, 2.45) is 0 Å². The third-order valence-corrected chi connectivity index (χ3v) is 4.10. The van der Waals surface area contributed by atoms with Gasteiger partial charge in [0, 0.05) is 12.1 Å². The van der Waals surface area contributed by atoms with Gasteiger partial charge in [-0.2, -0.15) is 0 Å². The summed E-state index contributed by atoms with van der Waals surface area (Å²) in [6, 6.07) is 10.1. The van der Waals surface area contributed by atoms with E-state index in [4.69, 9.17) is 0 Å². The van der Waals surface area contributed by atoms with Crippen LogP contribution in [0.1, 0.15) is 57.2 Å². The van der Waals surface area contributed by atoms with Crippen molar-refractivity contribution in [3.63, 3.8) is 0 Å². The van der Waals surface area contributed by atoms with Gasteiger partial charge in [-0.25, -0.2) is 0 Å². The number of nitrogens with one attached hydrogen (secondary N) is 1. The van der Waals surface area contributed by atoms with Gasteiger partial charge in [0.25, 0.3) is 0 Å². The Hall–Kier alpha value is -0.860. The Kier molecular flexibility index (Phi) is 7.86. The van der Waals surface area contributed by atoms with Crippen LogP contribution in [0.3, 0.4) is 0 Å². The Morgan fingerprint density at radius 3 is 2.30 bits per heavy atom. The fourth-order valence-corrected chi connectivity index (χ4v) is 2.32. The van der Waals surface area contributed by atoms with Gasteiger partial charge in [-0.3, -0.25) is 0 Å². The number of hydrogen-bond donors (Lipinski definition) is 1. The molecule has 0 spiro atoms. The molecule has 0 amide bonds. The van der Waals surface area contributed by atoms with E-state index in [2.05, 4.69) is 69.2 Å². The molecule has 1 aromatic carbocycles. The van der Waals surface area contributed by atoms with Gasteiger partial charge in [0.2, 0.25) is 0 Å². The van der Waals surface area contributed by atoms with Crippen molar-refractivity contribution in [3.05, 3.63) is 35.4 Å². The summed E-state index contributed by atoms with van der Waals surface area (Å²) in [6.07, 6.45) is 3.67. The maximum Gasteiger partial charge on any atom is 0.0317 e. The molecule has 1 aromatic rings. The first-order valence-corrected chi connectivity index (χ1v) is 8.04. The number of benzene rings is 1. The minimum Gasteiger partial charge on any atom is -0.310 e. The van der Waals surface area contributed by atoms with Crippen molar-refractivity contribution >= 4 is 0 Å². The minimum atomic E-state index is 0.499. The quantitative estimate of drug-likeness (QED) is 0.681. The second-order valence-corrected chi connectivity index (χ2v) is 6.11. The van der Waals surface area contributed by atoms with Crippen LogP contribution in [0.25, 0.3) is 0 Å². The van der Waals surface area contributed by atoms with Gasteiger partial charge in [-0.15, -0.1) is 0 Å². The lowest BCUT2D eigenvalue weighted by molar-refractivity contribution is 0.267. The normalized spacial score (nSPS) is 13.2. The van der Waals surface area contributed by atoms with Crippen LogP contribution in [0.5, 0.6) is 0 Å². The Labute approximate surface area is 125 Å². The first-order valence-electron chi connectivity index (χ1n) is 8.04. The molecule has 0 saturated heterocycles. The topological polar surface area (TPSA) is 15.3 Å². The Bertz CT molecular complexity index is 356. The SMILES string of the molecule is CCC(NCCCCN(C)C(C)C)c1ccc(C)cc1. The molecule has 2 nitrogen and oxygen atoms in total. The second-order valence-electron chi connectivity index (χ2n) is 6.11. The number of aryl methyl sites for hydroxylation is 1. The summed E-state index contributed by atoms with van der Waals surface area (Å²) in [5, 5.41) is 3.69. The summed E-state index contributed by atoms with van der Waals surface area (Å²) < 4.78 is 0. The summed E-state index contributed by atoms with van der Waals surface area (Å²) in [4.78, 5) is 2.41. The summed E-state index contributed by atoms with van der Waals surface area (Å²) in [6.45, 7) is 11.2. The molecule has 1 unspecified atom stereocenters. The maximum atomic E-state index is 3.69. The smallest absolute Gasteiger partial charge is 0.0317 e. The van der Waals surface area contributed by atoms with E-state index in [1.54, 1.807) is 0 Å². The molecule has 0 aliphatic rings. The zero-order valence-electron chi connectivity index (χ0n) is 13.9. The van der Waals surface area contributed by atoms with Gasteiger partial charge >= 0.3 is 0 Å². The molecule has 0 aliphatic carbocycles. The van der Waals surface area contributed by atoms with Crippen molar-refractivity contribution in [2.45, 2.75) is 59.0 Å². The average molecular weight is 276 g/mol. The van der Waals surface area contributed by atoms with Gasteiger partial charge in [0.05, 0.1) is 0 Å². The molecule has 0 aliphatic heterocycles. The molecule has 0 bridgehead atoms. The predicted octanol–water partition coefficient (Wildman–Crippen LogP) is 4.16. The molecule has 0 saturated carbocycles. The summed E-state index contributed by atoms with van der Waals surface area (Å²) in [7, 11) is 2.21. The summed E-state index contributed by atoms with van der Waals surface area (Å²) in [5.41, 5.74) is 2.75. The predicted molar refractivity (Wildman–Crippen MR) is 89.2 cm³/mol. The minimum absolute atomic E-state index is 0.499. The molecule has 1 N–H and O–H groups in total. The third-order valence-electron chi connectivity index (χ3n) is 4.10. The zero-order chi connectivity index (χ0) is 15.0. The van der Waals surface area contributed by atoms with E-state index in [1.807, 2.05) is 0 Å². The lowest BCUT2D eigenvalue weighted by Crippen LogP contribution is -2.28. The number of unbranched alkanes of at least 4 members (excludes halogenated alkanes) is 1. The first kappa shape index (κ1) is 17.2. The molecular formula is C18H32N2. The molecular weight excluding hydrogens is 244 g/mol. The van der Waals surface area contributed by atoms with E-state index in [1.165, 1.54) is 30.5 Å². The van der Waals surface area contributed by atoms with Gasteiger partial charge in [-0.1, -0.05) is 36.8 Å². The third kappa shape index (κ3) is 6.06. The number of rotatable bonds is 9. The van der Waals surface area contributed by atoms with Crippen LogP contribution in [-0.4, -0.2) is 31.1 Å². The molecule has 0 aromatic heterocycles. The molecule has 114 valence electrons. The van der Waals surface area contributed by atoms with Crippen molar-refractivity contribution in [2.75, 3.05) is 20.1 Å². The van der Waals surface area contributed by atoms with E-state index in [0.717, 1.165) is 13.0 Å². The Morgan fingerprint density at radius 1 is 1.10 bits per heavy atom. The lowest BCUT2D eigenvalue weighted by Gasteiger charge is -2.21. The van der Waals surface area contributed by atoms with Crippen LogP contribution in [0.2, 0.25) is 0 Å². The Morgan fingerprint density at radius 2 is 1.75 bits per heavy atom. The van der Waals surface area contributed by atoms with Gasteiger partial charge in [0.15, 0.2) is 0 Å². The van der Waals surface area contributed by atoms with Crippen LogP contribution in [0.4, 0.5) is 0 Å². The van der Waals surface area contributed by atoms with E-state index in [-0.39, 0.29) is 0 Å². The molecule has 0 heterocycles. The molecule has 1 atom stereocenters. The van der Waals surface area contributed by atoms with Crippen molar-refractivity contribution in [1.29, 1.82) is 0 Å². The first-order chi connectivity index (χ1) is 9.54. The van der Waals surface area contributed by atoms with Crippen LogP contribution in [0.15, 0.2) is 24.3 Å². The van der Waals surface area contributed by atoms with Gasteiger partial charge in [0.1, 0.15) is 0 Å². The second kappa shape index (κ2) is 9.15. The highest BCUT2D eigenvalue weighted by molar-refractivity contribution is 5.23. The molecule has 1 rings (SSSR count). The largest absolute Gasteiger partial charge is 0.310 e. The van der Waals surface area contributed by atoms with E-state index >= 15 is 0 Å². The van der Waals surface area contributed by atoms with Crippen LogP contribution < -0.4 is 5.32 Å². The highest BCUT2D eigenvalue weighted by Gasteiger charge is 2.08. The van der Waals surface area contributed by atoms with Gasteiger partial charge < -0.3 is 10.2 Å². The Balaban J connectivity index is 2.27.